The molecule has 2 rings (SSSR count). The molecule has 4 nitrogen and oxygen atoms in total. The Kier molecular flexibility index (Phi) is 7.23. The molecular weight excluding hydrogens is 388 g/mol. The molecule has 0 saturated heterocycles. The molecule has 1 aromatic heterocycles. The summed E-state index contributed by atoms with van der Waals surface area (Å²) in [4.78, 5) is 13.4. The minimum absolute atomic E-state index is 0.172. The summed E-state index contributed by atoms with van der Waals surface area (Å²) in [5, 5.41) is 7.80. The van der Waals surface area contributed by atoms with Crippen LogP contribution in [0.5, 0.6) is 0 Å². The molecule has 0 amide bonds. The van der Waals surface area contributed by atoms with E-state index in [1.165, 1.54) is 11.3 Å². The van der Waals surface area contributed by atoms with Gasteiger partial charge < -0.3 is 15.4 Å². The van der Waals surface area contributed by atoms with Crippen molar-refractivity contribution in [3.8, 4) is 10.4 Å². The number of rotatable bonds is 6. The first-order valence-electron chi connectivity index (χ1n) is 9.46. The van der Waals surface area contributed by atoms with Crippen LogP contribution in [0.4, 0.5) is 5.00 Å². The summed E-state index contributed by atoms with van der Waals surface area (Å²) in [5.74, 6) is -0.347. The number of nitrogens with one attached hydrogen (secondary N) is 2. The number of thiocarbonyl (C=S) groups is 1. The molecule has 0 atom stereocenters. The molecule has 2 aromatic rings. The lowest BCUT2D eigenvalue weighted by atomic mass is 9.82. The quantitative estimate of drug-likeness (QED) is 0.439. The third-order valence-corrected chi connectivity index (χ3v) is 5.24. The van der Waals surface area contributed by atoms with Gasteiger partial charge in [-0.25, -0.2) is 4.79 Å². The third kappa shape index (κ3) is 6.60. The van der Waals surface area contributed by atoms with E-state index >= 15 is 0 Å². The van der Waals surface area contributed by atoms with E-state index in [-0.39, 0.29) is 16.9 Å². The molecule has 2 N–H and O–H groups in total. The van der Waals surface area contributed by atoms with E-state index in [2.05, 4.69) is 45.3 Å². The Morgan fingerprint density at radius 3 is 2.36 bits per heavy atom. The van der Waals surface area contributed by atoms with Crippen LogP contribution in [-0.4, -0.2) is 23.2 Å². The van der Waals surface area contributed by atoms with Crippen molar-refractivity contribution in [2.75, 3.05) is 11.9 Å². The lowest BCUT2D eigenvalue weighted by Crippen LogP contribution is -2.47. The highest BCUT2D eigenvalue weighted by Crippen LogP contribution is 2.36. The second-order valence-corrected chi connectivity index (χ2v) is 10.1. The molecule has 0 spiro atoms. The standard InChI is InChI=1S/C22H30N2O2S2/c1-7-26-19(25)16-13-17(15-11-9-8-10-12-15)28-18(16)23-20(27)24-22(5,6)14-21(2,3)4/h8-13H,7,14H2,1-6H3,(H2,23,24,27). The summed E-state index contributed by atoms with van der Waals surface area (Å²) in [5.41, 5.74) is 1.55. The molecule has 0 saturated carbocycles. The van der Waals surface area contributed by atoms with Crippen LogP contribution in [0.2, 0.25) is 0 Å². The average Bonchev–Trinajstić information content (AvgIpc) is 2.96. The maximum Gasteiger partial charge on any atom is 0.341 e. The van der Waals surface area contributed by atoms with Crippen molar-refractivity contribution in [1.29, 1.82) is 0 Å². The number of esters is 1. The summed E-state index contributed by atoms with van der Waals surface area (Å²) in [6.45, 7) is 13.0. The van der Waals surface area contributed by atoms with E-state index in [1.54, 1.807) is 6.92 Å². The van der Waals surface area contributed by atoms with E-state index in [9.17, 15) is 4.79 Å². The summed E-state index contributed by atoms with van der Waals surface area (Å²) < 4.78 is 5.23. The molecular formula is C22H30N2O2S2. The number of hydrogen-bond acceptors (Lipinski definition) is 4. The zero-order valence-electron chi connectivity index (χ0n) is 17.5. The van der Waals surface area contributed by atoms with E-state index in [4.69, 9.17) is 17.0 Å². The summed E-state index contributed by atoms with van der Waals surface area (Å²) >= 11 is 7.04. The second kappa shape index (κ2) is 9.05. The smallest absolute Gasteiger partial charge is 0.341 e. The fraction of sp³-hybridized carbons (Fsp3) is 0.455. The molecule has 6 heteroatoms. The minimum Gasteiger partial charge on any atom is -0.462 e. The van der Waals surface area contributed by atoms with Gasteiger partial charge in [0.05, 0.1) is 12.2 Å². The van der Waals surface area contributed by atoms with Crippen molar-refractivity contribution in [3.63, 3.8) is 0 Å². The highest BCUT2D eigenvalue weighted by molar-refractivity contribution is 7.80. The van der Waals surface area contributed by atoms with E-state index in [0.717, 1.165) is 16.9 Å². The Morgan fingerprint density at radius 1 is 1.14 bits per heavy atom. The first-order chi connectivity index (χ1) is 13.0. The van der Waals surface area contributed by atoms with Crippen LogP contribution < -0.4 is 10.6 Å². The number of anilines is 1. The molecule has 0 aliphatic heterocycles. The van der Waals surface area contributed by atoms with Gasteiger partial charge in [-0.15, -0.1) is 11.3 Å². The number of benzene rings is 1. The maximum atomic E-state index is 12.4. The molecule has 0 radical (unpaired) electrons. The van der Waals surface area contributed by atoms with Crippen LogP contribution in [0.3, 0.4) is 0 Å². The van der Waals surface area contributed by atoms with Gasteiger partial charge >= 0.3 is 5.97 Å². The summed E-state index contributed by atoms with van der Waals surface area (Å²) in [7, 11) is 0. The first-order valence-corrected chi connectivity index (χ1v) is 10.7. The molecule has 1 aromatic carbocycles. The van der Waals surface area contributed by atoms with Gasteiger partial charge in [0, 0.05) is 10.4 Å². The number of ether oxygens (including phenoxy) is 1. The normalized spacial score (nSPS) is 11.8. The Labute approximate surface area is 177 Å². The highest BCUT2D eigenvalue weighted by atomic mass is 32.1. The summed E-state index contributed by atoms with van der Waals surface area (Å²) in [6, 6.07) is 11.8. The largest absolute Gasteiger partial charge is 0.462 e. The second-order valence-electron chi connectivity index (χ2n) is 8.64. The van der Waals surface area contributed by atoms with E-state index < -0.39 is 0 Å². The molecule has 0 aliphatic rings. The van der Waals surface area contributed by atoms with Gasteiger partial charge in [-0.2, -0.15) is 0 Å². The Morgan fingerprint density at radius 2 is 1.79 bits per heavy atom. The summed E-state index contributed by atoms with van der Waals surface area (Å²) in [6.07, 6.45) is 0.951. The van der Waals surface area contributed by atoms with Crippen LogP contribution in [0.1, 0.15) is 58.3 Å². The lowest BCUT2D eigenvalue weighted by molar-refractivity contribution is 0.0528. The number of hydrogen-bond donors (Lipinski definition) is 2. The number of thiophene rings is 1. The highest BCUT2D eigenvalue weighted by Gasteiger charge is 2.27. The van der Waals surface area contributed by atoms with Crippen molar-refractivity contribution in [1.82, 2.24) is 5.32 Å². The van der Waals surface area contributed by atoms with Crippen molar-refractivity contribution in [3.05, 3.63) is 42.0 Å². The molecule has 28 heavy (non-hydrogen) atoms. The van der Waals surface area contributed by atoms with Crippen molar-refractivity contribution in [2.45, 2.75) is 53.5 Å². The van der Waals surface area contributed by atoms with Gasteiger partial charge in [0.25, 0.3) is 0 Å². The fourth-order valence-corrected chi connectivity index (χ4v) is 4.90. The number of carbonyl (C=O) groups is 1. The predicted octanol–water partition coefficient (Wildman–Crippen LogP) is 6.09. The SMILES string of the molecule is CCOC(=O)c1cc(-c2ccccc2)sc1NC(=S)NC(C)(C)CC(C)(C)C. The fourth-order valence-electron chi connectivity index (χ4n) is 3.40. The van der Waals surface area contributed by atoms with Gasteiger partial charge in [0.15, 0.2) is 5.11 Å². The Hall–Kier alpha value is -1.92. The van der Waals surface area contributed by atoms with Crippen LogP contribution in [0.25, 0.3) is 10.4 Å². The number of carbonyl (C=O) groups excluding carboxylic acids is 1. The van der Waals surface area contributed by atoms with Crippen LogP contribution >= 0.6 is 23.6 Å². The van der Waals surface area contributed by atoms with Crippen LogP contribution in [0.15, 0.2) is 36.4 Å². The molecule has 152 valence electrons. The van der Waals surface area contributed by atoms with Gasteiger partial charge in [-0.05, 0) is 56.5 Å². The van der Waals surface area contributed by atoms with Crippen molar-refractivity contribution < 1.29 is 9.53 Å². The zero-order chi connectivity index (χ0) is 20.9. The van der Waals surface area contributed by atoms with Crippen molar-refractivity contribution in [2.24, 2.45) is 5.41 Å². The topological polar surface area (TPSA) is 50.4 Å². The predicted molar refractivity (Wildman–Crippen MR) is 123 cm³/mol. The molecule has 0 fully saturated rings. The third-order valence-electron chi connectivity index (χ3n) is 3.94. The monoisotopic (exact) mass is 418 g/mol. The molecule has 0 bridgehead atoms. The first kappa shape index (κ1) is 22.4. The van der Waals surface area contributed by atoms with Crippen LogP contribution in [0, 0.1) is 5.41 Å². The van der Waals surface area contributed by atoms with Crippen molar-refractivity contribution >= 4 is 39.6 Å². The van der Waals surface area contributed by atoms with E-state index in [0.29, 0.717) is 22.3 Å². The molecule has 0 aliphatic carbocycles. The average molecular weight is 419 g/mol. The van der Waals surface area contributed by atoms with E-state index in [1.807, 2.05) is 36.4 Å². The maximum absolute atomic E-state index is 12.4. The Balaban J connectivity index is 2.24. The zero-order valence-corrected chi connectivity index (χ0v) is 19.1. The lowest BCUT2D eigenvalue weighted by Gasteiger charge is -2.34. The minimum atomic E-state index is -0.347. The molecule has 0 unspecified atom stereocenters. The van der Waals surface area contributed by atoms with Gasteiger partial charge in [0.2, 0.25) is 0 Å². The van der Waals surface area contributed by atoms with Gasteiger partial charge in [-0.1, -0.05) is 51.1 Å². The Bertz CT molecular complexity index is 821. The molecule has 1 heterocycles. The van der Waals surface area contributed by atoms with Gasteiger partial charge in [0.1, 0.15) is 5.00 Å². The van der Waals surface area contributed by atoms with Crippen LogP contribution in [-0.2, 0) is 4.74 Å². The van der Waals surface area contributed by atoms with Gasteiger partial charge in [-0.3, -0.25) is 0 Å².